The van der Waals surface area contributed by atoms with E-state index >= 15 is 0 Å². The summed E-state index contributed by atoms with van der Waals surface area (Å²) in [7, 11) is 0. The van der Waals surface area contributed by atoms with E-state index in [0.29, 0.717) is 84.4 Å². The number of aryl methyl sites for hydroxylation is 1. The summed E-state index contributed by atoms with van der Waals surface area (Å²) < 4.78 is 20.6. The Labute approximate surface area is 412 Å². The monoisotopic (exact) mass is 940 g/mol. The molecule has 1 heterocycles. The standard InChI is InChI=1S/C59H49ClN6O4/c1-39-54(64-62-52-28-14-27-51(60)35-52)59(65-61-39)66-63-53-33-49-31-47-25-12-23-45(57(47)69-37-41-17-7-3-8-18-41)29-43-21-11-22-44(56(43)68-36-40-15-5-2-6-16-40)30-46-24-13-26-48(32-50(34-53)55(49)67)58(46)70-38-42-19-9-4-10-20-42/h2-28,33-35,67H,29-32,36-38H2,1H3,(H,61,65). The van der Waals surface area contributed by atoms with E-state index in [0.717, 1.165) is 67.3 Å². The first-order valence-corrected chi connectivity index (χ1v) is 23.6. The van der Waals surface area contributed by atoms with E-state index in [-0.39, 0.29) is 11.6 Å². The minimum atomic E-state index is 0.151. The van der Waals surface area contributed by atoms with Crippen molar-refractivity contribution in [1.82, 2.24) is 10.2 Å². The summed E-state index contributed by atoms with van der Waals surface area (Å²) in [5, 5.41) is 38.6. The maximum absolute atomic E-state index is 12.4. The number of H-pyrrole nitrogens is 1. The molecule has 1 aliphatic rings. The molecule has 10 nitrogen and oxygen atoms in total. The second kappa shape index (κ2) is 21.3. The molecule has 0 atom stereocenters. The van der Waals surface area contributed by atoms with E-state index in [4.69, 9.17) is 30.9 Å². The lowest BCUT2D eigenvalue weighted by molar-refractivity contribution is 0.295. The molecule has 0 radical (unpaired) electrons. The normalized spacial score (nSPS) is 12.3. The average molecular weight is 942 g/mol. The Balaban J connectivity index is 1.11. The Hall–Kier alpha value is -8.34. The number of para-hydroxylation sites is 3. The van der Waals surface area contributed by atoms with Gasteiger partial charge in [-0.1, -0.05) is 163 Å². The van der Waals surface area contributed by atoms with Crippen LogP contribution in [-0.4, -0.2) is 15.3 Å². The van der Waals surface area contributed by atoms with Crippen molar-refractivity contribution >= 4 is 34.5 Å². The fraction of sp³-hybridized carbons (Fsp3) is 0.136. The molecule has 10 rings (SSSR count). The van der Waals surface area contributed by atoms with Gasteiger partial charge in [-0.3, -0.25) is 5.10 Å². The highest BCUT2D eigenvalue weighted by molar-refractivity contribution is 6.30. The van der Waals surface area contributed by atoms with Crippen molar-refractivity contribution in [3.05, 3.63) is 254 Å². The number of hydrogen-bond donors (Lipinski definition) is 2. The van der Waals surface area contributed by atoms with Crippen LogP contribution in [0.2, 0.25) is 5.02 Å². The Bertz CT molecular complexity index is 3180. The van der Waals surface area contributed by atoms with E-state index in [1.165, 1.54) is 0 Å². The SMILES string of the molecule is Cc1[nH]nc(N=Nc2cc3c(O)c(c2)Cc2cccc(c2OCc2ccccc2)Cc2cccc(c2OCc2ccccc2)Cc2cccc(c2OCc2ccccc2)C3)c1N=Nc1cccc(Cl)c1. The van der Waals surface area contributed by atoms with Crippen molar-refractivity contribution in [2.45, 2.75) is 52.4 Å². The zero-order chi connectivity index (χ0) is 47.7. The predicted molar refractivity (Wildman–Crippen MR) is 274 cm³/mol. The van der Waals surface area contributed by atoms with Crippen LogP contribution in [0.5, 0.6) is 23.0 Å². The van der Waals surface area contributed by atoms with Crippen LogP contribution in [0.3, 0.4) is 0 Å². The van der Waals surface area contributed by atoms with Gasteiger partial charge in [0.25, 0.3) is 0 Å². The molecule has 0 saturated heterocycles. The van der Waals surface area contributed by atoms with Crippen LogP contribution in [0.25, 0.3) is 0 Å². The van der Waals surface area contributed by atoms with Gasteiger partial charge >= 0.3 is 0 Å². The molecule has 70 heavy (non-hydrogen) atoms. The number of rotatable bonds is 13. The van der Waals surface area contributed by atoms with Crippen molar-refractivity contribution in [2.24, 2.45) is 20.5 Å². The number of aromatic hydroxyl groups is 1. The molecular formula is C59H49ClN6O4. The number of nitrogens with one attached hydrogen (secondary N) is 1. The fourth-order valence-corrected chi connectivity index (χ4v) is 8.92. The van der Waals surface area contributed by atoms with Gasteiger partial charge in [-0.05, 0) is 87.3 Å². The van der Waals surface area contributed by atoms with E-state index in [2.05, 4.69) is 117 Å². The third kappa shape index (κ3) is 10.8. The van der Waals surface area contributed by atoms with Crippen molar-refractivity contribution in [1.29, 1.82) is 0 Å². The molecule has 8 bridgehead atoms. The third-order valence-electron chi connectivity index (χ3n) is 12.2. The number of fused-ring (bicyclic) bond motifs is 8. The molecule has 0 fully saturated rings. The van der Waals surface area contributed by atoms with Crippen molar-refractivity contribution in [3.8, 4) is 23.0 Å². The van der Waals surface area contributed by atoms with Crippen molar-refractivity contribution in [3.63, 3.8) is 0 Å². The van der Waals surface area contributed by atoms with Crippen LogP contribution in [0.15, 0.2) is 202 Å². The van der Waals surface area contributed by atoms with E-state index in [1.54, 1.807) is 12.1 Å². The van der Waals surface area contributed by atoms with Gasteiger partial charge in [-0.2, -0.15) is 10.2 Å². The molecule has 0 unspecified atom stereocenters. The van der Waals surface area contributed by atoms with Crippen LogP contribution in [0, 0.1) is 6.92 Å². The van der Waals surface area contributed by atoms with E-state index in [1.807, 2.05) is 85.8 Å². The number of aromatic amines is 1. The molecule has 11 heteroatoms. The predicted octanol–water partition coefficient (Wildman–Crippen LogP) is 15.3. The Morgan fingerprint density at radius 3 is 1.29 bits per heavy atom. The van der Waals surface area contributed by atoms with Crippen molar-refractivity contribution < 1.29 is 19.3 Å². The number of aromatic nitrogens is 2. The van der Waals surface area contributed by atoms with Crippen LogP contribution in [0.1, 0.15) is 66.9 Å². The minimum Gasteiger partial charge on any atom is -0.507 e. The first-order valence-electron chi connectivity index (χ1n) is 23.2. The van der Waals surface area contributed by atoms with Gasteiger partial charge < -0.3 is 19.3 Å². The molecule has 8 aromatic carbocycles. The summed E-state index contributed by atoms with van der Waals surface area (Å²) in [6.07, 6.45) is 1.71. The second-order valence-corrected chi connectivity index (χ2v) is 17.7. The maximum atomic E-state index is 12.4. The summed E-state index contributed by atoms with van der Waals surface area (Å²) in [6, 6.07) is 60.3. The number of nitrogens with zero attached hydrogens (tertiary/aromatic N) is 5. The molecule has 0 spiro atoms. The smallest absolute Gasteiger partial charge is 0.223 e. The summed E-state index contributed by atoms with van der Waals surface area (Å²) in [6.45, 7) is 2.96. The molecule has 1 aliphatic carbocycles. The van der Waals surface area contributed by atoms with Crippen molar-refractivity contribution in [2.75, 3.05) is 0 Å². The average Bonchev–Trinajstić information content (AvgIpc) is 3.74. The topological polar surface area (TPSA) is 126 Å². The molecule has 9 aromatic rings. The summed E-state index contributed by atoms with van der Waals surface area (Å²) >= 11 is 6.22. The quantitative estimate of drug-likeness (QED) is 0.111. The largest absolute Gasteiger partial charge is 0.507 e. The number of phenolic OH excluding ortho intramolecular Hbond substituents is 1. The van der Waals surface area contributed by atoms with Gasteiger partial charge in [0, 0.05) is 41.8 Å². The van der Waals surface area contributed by atoms with E-state index < -0.39 is 0 Å². The zero-order valence-corrected chi connectivity index (χ0v) is 39.3. The Morgan fingerprint density at radius 1 is 0.457 bits per heavy atom. The number of ether oxygens (including phenoxy) is 3. The highest BCUT2D eigenvalue weighted by atomic mass is 35.5. The summed E-state index contributed by atoms with van der Waals surface area (Å²) in [5.41, 5.74) is 12.5. The first kappa shape index (κ1) is 45.4. The highest BCUT2D eigenvalue weighted by Crippen LogP contribution is 2.41. The van der Waals surface area contributed by atoms with Crippen LogP contribution in [0.4, 0.5) is 22.9 Å². The molecular weight excluding hydrogens is 892 g/mol. The zero-order valence-electron chi connectivity index (χ0n) is 38.6. The van der Waals surface area contributed by atoms with Crippen LogP contribution < -0.4 is 14.2 Å². The van der Waals surface area contributed by atoms with Gasteiger partial charge in [0.15, 0.2) is 5.69 Å². The molecule has 0 aliphatic heterocycles. The van der Waals surface area contributed by atoms with Gasteiger partial charge in [-0.25, -0.2) is 0 Å². The lowest BCUT2D eigenvalue weighted by atomic mass is 9.91. The lowest BCUT2D eigenvalue weighted by Gasteiger charge is -2.22. The lowest BCUT2D eigenvalue weighted by Crippen LogP contribution is -2.08. The summed E-state index contributed by atoms with van der Waals surface area (Å²) in [5.74, 6) is 2.73. The molecule has 0 amide bonds. The molecule has 346 valence electrons. The third-order valence-corrected chi connectivity index (χ3v) is 12.5. The van der Waals surface area contributed by atoms with Gasteiger partial charge in [0.1, 0.15) is 42.8 Å². The second-order valence-electron chi connectivity index (χ2n) is 17.3. The first-order chi connectivity index (χ1) is 34.4. The molecule has 2 N–H and O–H groups in total. The van der Waals surface area contributed by atoms with Gasteiger partial charge in [-0.15, -0.1) is 15.3 Å². The minimum absolute atomic E-state index is 0.151. The van der Waals surface area contributed by atoms with Crippen LogP contribution >= 0.6 is 11.6 Å². The Kier molecular flexibility index (Phi) is 13.8. The number of halogens is 1. The highest BCUT2D eigenvalue weighted by Gasteiger charge is 2.22. The van der Waals surface area contributed by atoms with Gasteiger partial charge in [0.2, 0.25) is 5.82 Å². The Morgan fingerprint density at radius 2 is 0.857 bits per heavy atom. The number of phenols is 1. The van der Waals surface area contributed by atoms with Gasteiger partial charge in [0.05, 0.1) is 17.1 Å². The summed E-state index contributed by atoms with van der Waals surface area (Å²) in [4.78, 5) is 0. The molecule has 0 saturated carbocycles. The van der Waals surface area contributed by atoms with E-state index in [9.17, 15) is 5.11 Å². The number of benzene rings is 8. The maximum Gasteiger partial charge on any atom is 0.223 e. The van der Waals surface area contributed by atoms with Crippen LogP contribution in [-0.2, 0) is 45.5 Å². The fourth-order valence-electron chi connectivity index (χ4n) is 8.74. The number of azo groups is 2. The molecule has 1 aromatic heterocycles. The number of hydrogen-bond acceptors (Lipinski definition) is 9.